The summed E-state index contributed by atoms with van der Waals surface area (Å²) in [5.74, 6) is -6.02. The van der Waals surface area contributed by atoms with E-state index in [1.54, 1.807) is 0 Å². The molecule has 12 nitrogen and oxygen atoms in total. The zero-order valence-electron chi connectivity index (χ0n) is 24.2. The molecule has 0 aromatic heterocycles. The maximum atomic E-state index is 13.3. The van der Waals surface area contributed by atoms with Gasteiger partial charge in [0.15, 0.2) is 0 Å². The number of hydrogen-bond donors (Lipinski definition) is 0. The highest BCUT2D eigenvalue weighted by Gasteiger charge is 2.51. The van der Waals surface area contributed by atoms with Gasteiger partial charge in [0.2, 0.25) is 0 Å². The van der Waals surface area contributed by atoms with Crippen molar-refractivity contribution < 1.29 is 57.1 Å². The molecule has 5 aliphatic rings. The van der Waals surface area contributed by atoms with Crippen LogP contribution < -0.4 is 0 Å². The molecule has 0 spiro atoms. The molecule has 0 aromatic carbocycles. The molecule has 1 aliphatic carbocycles. The molecule has 4 heterocycles. The zero-order chi connectivity index (χ0) is 29.3. The van der Waals surface area contributed by atoms with Gasteiger partial charge in [-0.3, -0.25) is 19.2 Å². The molecule has 4 aliphatic heterocycles. The standard InChI is InChI=1S/C30H44O12/c31-27(35-9-1-5-19-15-39-19)23-13-25(29(33)37-11-3-7-21-17-41-21)26(30(34)38-12-4-8-22-18-42-22)14-24(23)28(32)36-10-2-6-20-16-40-20/h19-26H,1-18H2. The first-order valence-corrected chi connectivity index (χ1v) is 15.6. The number of hydrogen-bond acceptors (Lipinski definition) is 12. The molecule has 0 radical (unpaired) electrons. The van der Waals surface area contributed by atoms with Crippen LogP contribution in [0.15, 0.2) is 0 Å². The number of carbonyl (C=O) groups excluding carboxylic acids is 4. The van der Waals surface area contributed by atoms with E-state index in [0.29, 0.717) is 25.7 Å². The fraction of sp³-hybridized carbons (Fsp3) is 0.867. The minimum atomic E-state index is -0.935. The second kappa shape index (κ2) is 15.4. The first-order valence-electron chi connectivity index (χ1n) is 15.6. The Morgan fingerprint density at radius 2 is 0.643 bits per heavy atom. The third-order valence-corrected chi connectivity index (χ3v) is 8.47. The molecular weight excluding hydrogens is 552 g/mol. The molecule has 0 amide bonds. The van der Waals surface area contributed by atoms with E-state index < -0.39 is 47.5 Å². The first kappa shape index (κ1) is 31.2. The molecule has 0 N–H and O–H groups in total. The molecule has 5 rings (SSSR count). The van der Waals surface area contributed by atoms with Crippen molar-refractivity contribution in [2.75, 3.05) is 52.9 Å². The van der Waals surface area contributed by atoms with Gasteiger partial charge in [-0.2, -0.15) is 0 Å². The lowest BCUT2D eigenvalue weighted by Crippen LogP contribution is -2.46. The van der Waals surface area contributed by atoms with Crippen molar-refractivity contribution in [2.24, 2.45) is 23.7 Å². The van der Waals surface area contributed by atoms with Gasteiger partial charge in [0.1, 0.15) is 0 Å². The van der Waals surface area contributed by atoms with Crippen molar-refractivity contribution in [3.8, 4) is 0 Å². The van der Waals surface area contributed by atoms with Gasteiger partial charge in [-0.25, -0.2) is 0 Å². The molecule has 236 valence electrons. The highest BCUT2D eigenvalue weighted by Crippen LogP contribution is 2.41. The largest absolute Gasteiger partial charge is 0.465 e. The summed E-state index contributed by atoms with van der Waals surface area (Å²) in [6.45, 7) is 3.64. The lowest BCUT2D eigenvalue weighted by Gasteiger charge is -2.37. The fourth-order valence-corrected chi connectivity index (χ4v) is 5.55. The second-order valence-electron chi connectivity index (χ2n) is 12.0. The number of rotatable bonds is 20. The summed E-state index contributed by atoms with van der Waals surface area (Å²) in [6.07, 6.45) is 6.46. The summed E-state index contributed by atoms with van der Waals surface area (Å²) in [4.78, 5) is 53.2. The van der Waals surface area contributed by atoms with E-state index in [1.165, 1.54) is 0 Å². The van der Waals surface area contributed by atoms with Gasteiger partial charge < -0.3 is 37.9 Å². The predicted octanol–water partition coefficient (Wildman–Crippen LogP) is 2.13. The highest BCUT2D eigenvalue weighted by molar-refractivity contribution is 5.87. The summed E-state index contributed by atoms with van der Waals surface area (Å²) < 4.78 is 43.1. The smallest absolute Gasteiger partial charge is 0.309 e. The average Bonchev–Trinajstić information content (AvgIpc) is 3.82. The van der Waals surface area contributed by atoms with Gasteiger partial charge in [0.25, 0.3) is 0 Å². The monoisotopic (exact) mass is 596 g/mol. The van der Waals surface area contributed by atoms with Crippen LogP contribution in [0, 0.1) is 23.7 Å². The SMILES string of the molecule is O=C(OCCCC1CO1)C1CC(C(=O)OCCCC2CO2)C(C(=O)OCCCC2CO2)CC1C(=O)OCCCC1CO1. The van der Waals surface area contributed by atoms with Gasteiger partial charge in [-0.15, -0.1) is 0 Å². The van der Waals surface area contributed by atoms with Crippen LogP contribution in [0.2, 0.25) is 0 Å². The molecule has 42 heavy (non-hydrogen) atoms. The highest BCUT2D eigenvalue weighted by atomic mass is 16.6. The third-order valence-electron chi connectivity index (χ3n) is 8.47. The molecule has 8 atom stereocenters. The van der Waals surface area contributed by atoms with Crippen molar-refractivity contribution in [3.05, 3.63) is 0 Å². The third kappa shape index (κ3) is 10.5. The van der Waals surface area contributed by atoms with E-state index in [1.807, 2.05) is 0 Å². The van der Waals surface area contributed by atoms with Crippen LogP contribution in [0.4, 0.5) is 0 Å². The Kier molecular flexibility index (Phi) is 11.5. The van der Waals surface area contributed by atoms with Crippen molar-refractivity contribution in [1.82, 2.24) is 0 Å². The summed E-state index contributed by atoms with van der Waals surface area (Å²) in [7, 11) is 0. The van der Waals surface area contributed by atoms with Crippen LogP contribution in [0.5, 0.6) is 0 Å². The quantitative estimate of drug-likeness (QED) is 0.0875. The molecule has 1 saturated carbocycles. The van der Waals surface area contributed by atoms with Crippen molar-refractivity contribution in [2.45, 2.75) is 88.6 Å². The predicted molar refractivity (Wildman–Crippen MR) is 143 cm³/mol. The number of epoxide rings is 4. The van der Waals surface area contributed by atoms with Gasteiger partial charge >= 0.3 is 23.9 Å². The first-order chi connectivity index (χ1) is 20.5. The van der Waals surface area contributed by atoms with Crippen molar-refractivity contribution in [1.29, 1.82) is 0 Å². The molecule has 0 aromatic rings. The van der Waals surface area contributed by atoms with Crippen LogP contribution in [0.25, 0.3) is 0 Å². The lowest BCUT2D eigenvalue weighted by atomic mass is 9.68. The van der Waals surface area contributed by atoms with Crippen LogP contribution in [0.3, 0.4) is 0 Å². The summed E-state index contributed by atoms with van der Waals surface area (Å²) in [6, 6.07) is 0. The molecule has 4 saturated heterocycles. The Morgan fingerprint density at radius 1 is 0.429 bits per heavy atom. The molecule has 8 unspecified atom stereocenters. The lowest BCUT2D eigenvalue weighted by molar-refractivity contribution is -0.175. The summed E-state index contributed by atoms with van der Waals surface area (Å²) in [5, 5.41) is 0. The maximum Gasteiger partial charge on any atom is 0.309 e. The van der Waals surface area contributed by atoms with Crippen LogP contribution >= 0.6 is 0 Å². The topological polar surface area (TPSA) is 155 Å². The van der Waals surface area contributed by atoms with Crippen molar-refractivity contribution >= 4 is 23.9 Å². The molecule has 5 fully saturated rings. The van der Waals surface area contributed by atoms with Gasteiger partial charge in [-0.1, -0.05) is 0 Å². The maximum absolute atomic E-state index is 13.3. The normalized spacial score (nSPS) is 32.4. The molecule has 0 bridgehead atoms. The number of carbonyl (C=O) groups is 4. The fourth-order valence-electron chi connectivity index (χ4n) is 5.55. The van der Waals surface area contributed by atoms with E-state index >= 15 is 0 Å². The zero-order valence-corrected chi connectivity index (χ0v) is 24.2. The minimum absolute atomic E-state index is 0.0551. The van der Waals surface area contributed by atoms with Crippen molar-refractivity contribution in [3.63, 3.8) is 0 Å². The van der Waals surface area contributed by atoms with E-state index in [2.05, 4.69) is 0 Å². The van der Waals surface area contributed by atoms with E-state index in [-0.39, 0.29) is 63.7 Å². The minimum Gasteiger partial charge on any atom is -0.465 e. The summed E-state index contributed by atoms with van der Waals surface area (Å²) >= 11 is 0. The Balaban J connectivity index is 1.21. The van der Waals surface area contributed by atoms with E-state index in [4.69, 9.17) is 37.9 Å². The summed E-state index contributed by atoms with van der Waals surface area (Å²) in [5.41, 5.74) is 0. The second-order valence-corrected chi connectivity index (χ2v) is 12.0. The number of esters is 4. The van der Waals surface area contributed by atoms with Crippen LogP contribution in [-0.4, -0.2) is 101 Å². The number of ether oxygens (including phenoxy) is 8. The van der Waals surface area contributed by atoms with Gasteiger partial charge in [0, 0.05) is 0 Å². The van der Waals surface area contributed by atoms with Crippen LogP contribution in [-0.2, 0) is 57.1 Å². The Morgan fingerprint density at radius 3 is 0.833 bits per heavy atom. The Labute approximate surface area is 246 Å². The van der Waals surface area contributed by atoms with E-state index in [9.17, 15) is 19.2 Å². The van der Waals surface area contributed by atoms with E-state index in [0.717, 1.165) is 52.1 Å². The Bertz CT molecular complexity index is 777. The Hall–Kier alpha value is -2.28. The molecular formula is C30H44O12. The molecule has 12 heteroatoms. The van der Waals surface area contributed by atoms with Crippen LogP contribution in [0.1, 0.15) is 64.2 Å². The van der Waals surface area contributed by atoms with Gasteiger partial charge in [0.05, 0.1) is 101 Å². The van der Waals surface area contributed by atoms with Gasteiger partial charge in [-0.05, 0) is 64.2 Å². The average molecular weight is 597 g/mol.